The maximum atomic E-state index is 13.5. The fourth-order valence-electron chi connectivity index (χ4n) is 4.42. The Bertz CT molecular complexity index is 871. The summed E-state index contributed by atoms with van der Waals surface area (Å²) in [4.78, 5) is 20.8. The number of alkyl halides is 3. The third-order valence-corrected chi connectivity index (χ3v) is 8.65. The van der Waals surface area contributed by atoms with Gasteiger partial charge in [0.25, 0.3) is 10.2 Å². The normalized spacial score (nSPS) is 27.4. The fourth-order valence-corrected chi connectivity index (χ4v) is 6.42. The van der Waals surface area contributed by atoms with Crippen molar-refractivity contribution in [1.29, 1.82) is 0 Å². The van der Waals surface area contributed by atoms with Gasteiger partial charge in [-0.1, -0.05) is 6.42 Å². The highest BCUT2D eigenvalue weighted by atomic mass is 32.2. The largest absolute Gasteiger partial charge is 0.490 e. The van der Waals surface area contributed by atoms with Gasteiger partial charge in [0.15, 0.2) is 0 Å². The molecule has 0 unspecified atom stereocenters. The first-order chi connectivity index (χ1) is 16.6. The number of rotatable bonds is 10. The lowest BCUT2D eigenvalue weighted by Gasteiger charge is -2.36. The van der Waals surface area contributed by atoms with Crippen molar-refractivity contribution in [3.63, 3.8) is 0 Å². The molecule has 0 spiro atoms. The Morgan fingerprint density at radius 2 is 1.81 bits per heavy atom. The first kappa shape index (κ1) is 30.7. The first-order valence-electron chi connectivity index (χ1n) is 11.7. The van der Waals surface area contributed by atoms with Gasteiger partial charge in [-0.25, -0.2) is 4.79 Å². The van der Waals surface area contributed by atoms with Crippen molar-refractivity contribution in [3.8, 4) is 0 Å². The van der Waals surface area contributed by atoms with Gasteiger partial charge in [-0.05, 0) is 50.9 Å². The van der Waals surface area contributed by atoms with Crippen molar-refractivity contribution in [2.45, 2.75) is 62.6 Å². The Morgan fingerprint density at radius 1 is 1.19 bits per heavy atom. The van der Waals surface area contributed by atoms with Crippen LogP contribution in [0.4, 0.5) is 13.2 Å². The molecule has 1 saturated carbocycles. The zero-order valence-electron chi connectivity index (χ0n) is 19.7. The molecular weight excluding hydrogens is 512 g/mol. The number of piperidine rings is 1. The van der Waals surface area contributed by atoms with E-state index < -0.39 is 46.9 Å². The Morgan fingerprint density at radius 3 is 2.25 bits per heavy atom. The van der Waals surface area contributed by atoms with Crippen molar-refractivity contribution in [1.82, 2.24) is 13.9 Å². The van der Waals surface area contributed by atoms with Gasteiger partial charge in [0.05, 0.1) is 0 Å². The molecule has 0 aromatic heterocycles. The zero-order chi connectivity index (χ0) is 27.3. The number of nitrogens with one attached hydrogen (secondary N) is 1. The Hall–Kier alpha value is -1.50. The number of aliphatic carboxylic acids is 2. The molecule has 0 bridgehead atoms. The topological polar surface area (TPSA) is 194 Å². The summed E-state index contributed by atoms with van der Waals surface area (Å²) in [7, 11) is -5.32. The molecule has 7 N–H and O–H groups in total. The van der Waals surface area contributed by atoms with Crippen LogP contribution >= 0.6 is 0 Å². The second-order valence-corrected chi connectivity index (χ2v) is 11.5. The SMILES string of the molecule is N[C@@]1(C(=O)O)CN(S(=O)(=O)N(CC2CC2)[C@H]2CCCNC2)C[C@@H]1CCCB(O)O.O=C(O)C(F)(F)F. The van der Waals surface area contributed by atoms with E-state index in [1.54, 1.807) is 4.31 Å². The molecule has 0 aromatic carbocycles. The van der Waals surface area contributed by atoms with E-state index in [1.165, 1.54) is 4.31 Å². The lowest BCUT2D eigenvalue weighted by molar-refractivity contribution is -0.192. The van der Waals surface area contributed by atoms with E-state index in [0.29, 0.717) is 31.8 Å². The average molecular weight is 546 g/mol. The van der Waals surface area contributed by atoms with Crippen LogP contribution in [0.25, 0.3) is 0 Å². The summed E-state index contributed by atoms with van der Waals surface area (Å²) in [5, 5.41) is 38.2. The van der Waals surface area contributed by atoms with Crippen LogP contribution in [0.3, 0.4) is 0 Å². The third-order valence-electron chi connectivity index (χ3n) is 6.68. The molecule has 3 fully saturated rings. The van der Waals surface area contributed by atoms with Crippen LogP contribution in [0.1, 0.15) is 38.5 Å². The monoisotopic (exact) mass is 546 g/mol. The van der Waals surface area contributed by atoms with Gasteiger partial charge in [0, 0.05) is 38.1 Å². The number of halogens is 3. The maximum Gasteiger partial charge on any atom is 0.490 e. The number of carboxylic acid groups (broad SMARTS) is 2. The molecular formula is C19H34BF3N4O8S. The minimum Gasteiger partial charge on any atom is -0.480 e. The molecule has 0 aromatic rings. The molecule has 2 aliphatic heterocycles. The van der Waals surface area contributed by atoms with Gasteiger partial charge in [-0.15, -0.1) is 0 Å². The lowest BCUT2D eigenvalue weighted by atomic mass is 9.78. The summed E-state index contributed by atoms with van der Waals surface area (Å²) in [5.41, 5.74) is 4.50. The van der Waals surface area contributed by atoms with E-state index in [9.17, 15) is 31.5 Å². The van der Waals surface area contributed by atoms with Crippen molar-refractivity contribution in [2.24, 2.45) is 17.6 Å². The molecule has 0 radical (unpaired) electrons. The van der Waals surface area contributed by atoms with Gasteiger partial charge < -0.3 is 31.3 Å². The third kappa shape index (κ3) is 8.26. The number of carbonyl (C=O) groups is 2. The van der Waals surface area contributed by atoms with Crippen molar-refractivity contribution >= 4 is 29.3 Å². The van der Waals surface area contributed by atoms with Crippen LogP contribution < -0.4 is 11.1 Å². The number of hydrogen-bond donors (Lipinski definition) is 6. The van der Waals surface area contributed by atoms with Crippen LogP contribution in [0.5, 0.6) is 0 Å². The molecule has 12 nitrogen and oxygen atoms in total. The minimum absolute atomic E-state index is 0.0357. The summed E-state index contributed by atoms with van der Waals surface area (Å²) in [6, 6.07) is -0.130. The van der Waals surface area contributed by atoms with E-state index in [0.717, 1.165) is 32.2 Å². The van der Waals surface area contributed by atoms with Crippen LogP contribution in [-0.4, -0.2) is 107 Å². The van der Waals surface area contributed by atoms with Gasteiger partial charge in [-0.2, -0.15) is 30.2 Å². The minimum atomic E-state index is -5.08. The maximum absolute atomic E-state index is 13.5. The number of carboxylic acids is 2. The second-order valence-electron chi connectivity index (χ2n) is 9.57. The highest BCUT2D eigenvalue weighted by molar-refractivity contribution is 7.86. The van der Waals surface area contributed by atoms with E-state index in [2.05, 4.69) is 5.32 Å². The summed E-state index contributed by atoms with van der Waals surface area (Å²) >= 11 is 0. The zero-order valence-corrected chi connectivity index (χ0v) is 20.5. The van der Waals surface area contributed by atoms with E-state index >= 15 is 0 Å². The molecule has 3 atom stereocenters. The molecule has 3 aliphatic rings. The summed E-state index contributed by atoms with van der Waals surface area (Å²) in [6.45, 7) is 1.72. The number of nitrogens with two attached hydrogens (primary N) is 1. The van der Waals surface area contributed by atoms with E-state index in [4.69, 9.17) is 25.7 Å². The number of hydrogen-bond acceptors (Lipinski definition) is 8. The standard InChI is InChI=1S/C17H33BN4O6S.C2HF3O2/c19-17(16(23)24)12-21(11-14(17)3-1-7-18(25)26)29(27,28)22(10-13-5-6-13)15-4-2-8-20-9-15;3-2(4,5)1(6)7/h13-15,20,25-26H,1-12,19H2,(H,23,24);(H,6,7)/t14-,15-,17-;/m0./s1. The van der Waals surface area contributed by atoms with Gasteiger partial charge in [0.2, 0.25) is 0 Å². The quantitative estimate of drug-likeness (QED) is 0.191. The number of nitrogens with zero attached hydrogens (tertiary/aromatic N) is 2. The van der Waals surface area contributed by atoms with Gasteiger partial charge in [0.1, 0.15) is 5.54 Å². The van der Waals surface area contributed by atoms with Crippen molar-refractivity contribution in [3.05, 3.63) is 0 Å². The summed E-state index contributed by atoms with van der Waals surface area (Å²) in [6.07, 6.45) is -0.565. The average Bonchev–Trinajstić information content (AvgIpc) is 3.53. The van der Waals surface area contributed by atoms with E-state index in [1.807, 2.05) is 0 Å². The van der Waals surface area contributed by atoms with E-state index in [-0.39, 0.29) is 25.5 Å². The molecule has 2 saturated heterocycles. The molecule has 1 aliphatic carbocycles. The van der Waals surface area contributed by atoms with Gasteiger partial charge >= 0.3 is 25.2 Å². The van der Waals surface area contributed by atoms with Crippen LogP contribution in [0.2, 0.25) is 6.32 Å². The molecule has 36 heavy (non-hydrogen) atoms. The van der Waals surface area contributed by atoms with Crippen molar-refractivity contribution in [2.75, 3.05) is 32.7 Å². The Kier molecular flexibility index (Phi) is 10.6. The first-order valence-corrected chi connectivity index (χ1v) is 13.1. The second kappa shape index (κ2) is 12.4. The molecule has 3 rings (SSSR count). The highest BCUT2D eigenvalue weighted by Gasteiger charge is 2.54. The molecule has 208 valence electrons. The fraction of sp³-hybridized carbons (Fsp3) is 0.895. The molecule has 17 heteroatoms. The summed E-state index contributed by atoms with van der Waals surface area (Å²) in [5.74, 6) is -4.19. The highest BCUT2D eigenvalue weighted by Crippen LogP contribution is 2.36. The predicted octanol–water partition coefficient (Wildman–Crippen LogP) is -0.705. The predicted molar refractivity (Wildman–Crippen MR) is 122 cm³/mol. The molecule has 2 heterocycles. The van der Waals surface area contributed by atoms with Crippen LogP contribution in [0, 0.1) is 11.8 Å². The summed E-state index contributed by atoms with van der Waals surface area (Å²) < 4.78 is 61.6. The Labute approximate surface area is 207 Å². The lowest BCUT2D eigenvalue weighted by Crippen LogP contribution is -2.57. The van der Waals surface area contributed by atoms with Gasteiger partial charge in [-0.3, -0.25) is 4.79 Å². The van der Waals surface area contributed by atoms with Crippen LogP contribution in [0.15, 0.2) is 0 Å². The Balaban J connectivity index is 0.000000572. The van der Waals surface area contributed by atoms with Crippen molar-refractivity contribution < 1.29 is 51.4 Å². The molecule has 0 amide bonds. The van der Waals surface area contributed by atoms with Crippen LogP contribution in [-0.2, 0) is 19.8 Å². The smallest absolute Gasteiger partial charge is 0.480 e.